The number of thiazole rings is 1. The van der Waals surface area contributed by atoms with Gasteiger partial charge in [-0.15, -0.1) is 0 Å². The first-order valence-electron chi connectivity index (χ1n) is 9.34. The molecule has 0 unspecified atom stereocenters. The van der Waals surface area contributed by atoms with Gasteiger partial charge in [-0.25, -0.2) is 4.98 Å². The summed E-state index contributed by atoms with van der Waals surface area (Å²) in [7, 11) is 3.20. The number of methoxy groups -OCH3 is 2. The third-order valence-corrected chi connectivity index (χ3v) is 5.59. The summed E-state index contributed by atoms with van der Waals surface area (Å²) < 4.78 is 10.8. The Kier molecular flexibility index (Phi) is 5.77. The van der Waals surface area contributed by atoms with E-state index in [4.69, 9.17) is 14.5 Å². The van der Waals surface area contributed by atoms with E-state index < -0.39 is 0 Å². The topological polar surface area (TPSA) is 60.5 Å². The third kappa shape index (κ3) is 4.04. The Morgan fingerprint density at radius 3 is 2.17 bits per heavy atom. The van der Waals surface area contributed by atoms with E-state index in [-0.39, 0.29) is 5.91 Å². The summed E-state index contributed by atoms with van der Waals surface area (Å²) in [4.78, 5) is 17.6. The number of aromatic nitrogens is 1. The van der Waals surface area contributed by atoms with Crippen LogP contribution < -0.4 is 14.8 Å². The van der Waals surface area contributed by atoms with E-state index in [1.54, 1.807) is 26.4 Å². The van der Waals surface area contributed by atoms with Gasteiger partial charge in [-0.2, -0.15) is 0 Å². The average molecular weight is 417 g/mol. The molecule has 30 heavy (non-hydrogen) atoms. The van der Waals surface area contributed by atoms with Crippen LogP contribution in [0.25, 0.3) is 21.8 Å². The lowest BCUT2D eigenvalue weighted by Crippen LogP contribution is -2.11. The zero-order chi connectivity index (χ0) is 20.9. The lowest BCUT2D eigenvalue weighted by Gasteiger charge is -2.08. The van der Waals surface area contributed by atoms with Crippen LogP contribution >= 0.6 is 11.3 Å². The molecule has 1 aromatic heterocycles. The van der Waals surface area contributed by atoms with Crippen LogP contribution in [0, 0.1) is 0 Å². The highest BCUT2D eigenvalue weighted by atomic mass is 32.1. The van der Waals surface area contributed by atoms with Crippen molar-refractivity contribution in [2.24, 2.45) is 0 Å². The molecule has 0 saturated carbocycles. The van der Waals surface area contributed by atoms with Gasteiger partial charge < -0.3 is 14.8 Å². The number of hydrogen-bond acceptors (Lipinski definition) is 5. The Hall–Kier alpha value is -3.64. The Morgan fingerprint density at radius 2 is 1.50 bits per heavy atom. The summed E-state index contributed by atoms with van der Waals surface area (Å²) in [6.45, 7) is 0. The fourth-order valence-electron chi connectivity index (χ4n) is 3.05. The lowest BCUT2D eigenvalue weighted by molar-refractivity contribution is 0.102. The third-order valence-electron chi connectivity index (χ3n) is 4.57. The van der Waals surface area contributed by atoms with Gasteiger partial charge in [-0.05, 0) is 30.3 Å². The molecule has 0 fully saturated rings. The van der Waals surface area contributed by atoms with Gasteiger partial charge >= 0.3 is 0 Å². The lowest BCUT2D eigenvalue weighted by atomic mass is 10.1. The summed E-state index contributed by atoms with van der Waals surface area (Å²) in [6.07, 6.45) is 0. The molecule has 0 radical (unpaired) electrons. The molecule has 150 valence electrons. The molecule has 1 N–H and O–H groups in total. The van der Waals surface area contributed by atoms with E-state index in [1.165, 1.54) is 11.3 Å². The Balaban J connectivity index is 1.76. The van der Waals surface area contributed by atoms with Gasteiger partial charge in [-0.3, -0.25) is 4.79 Å². The molecule has 0 bridgehead atoms. The number of nitrogens with zero attached hydrogens (tertiary/aromatic N) is 1. The predicted octanol–water partition coefficient (Wildman–Crippen LogP) is 5.75. The molecule has 0 atom stereocenters. The molecular formula is C24H20N2O3S. The Labute approximate surface area is 178 Å². The van der Waals surface area contributed by atoms with Crippen LogP contribution in [0.2, 0.25) is 0 Å². The van der Waals surface area contributed by atoms with E-state index in [9.17, 15) is 4.79 Å². The predicted molar refractivity (Wildman–Crippen MR) is 120 cm³/mol. The monoisotopic (exact) mass is 416 g/mol. The highest BCUT2D eigenvalue weighted by Crippen LogP contribution is 2.40. The van der Waals surface area contributed by atoms with E-state index in [1.807, 2.05) is 66.7 Å². The van der Waals surface area contributed by atoms with Gasteiger partial charge in [0.15, 0.2) is 11.5 Å². The zero-order valence-electron chi connectivity index (χ0n) is 16.6. The molecular weight excluding hydrogens is 396 g/mol. The van der Waals surface area contributed by atoms with Gasteiger partial charge in [0.05, 0.1) is 14.2 Å². The quantitative estimate of drug-likeness (QED) is 0.435. The van der Waals surface area contributed by atoms with Crippen molar-refractivity contribution in [1.29, 1.82) is 0 Å². The number of nitrogens with one attached hydrogen (secondary N) is 1. The molecule has 4 rings (SSSR count). The maximum absolute atomic E-state index is 12.8. The highest BCUT2D eigenvalue weighted by Gasteiger charge is 2.18. The minimum absolute atomic E-state index is 0.171. The summed E-state index contributed by atoms with van der Waals surface area (Å²) >= 11 is 1.42. The van der Waals surface area contributed by atoms with Gasteiger partial charge in [0.2, 0.25) is 0 Å². The number of benzene rings is 3. The Morgan fingerprint density at radius 1 is 0.833 bits per heavy atom. The van der Waals surface area contributed by atoms with Crippen molar-refractivity contribution < 1.29 is 14.3 Å². The number of hydrogen-bond donors (Lipinski definition) is 1. The van der Waals surface area contributed by atoms with Crippen LogP contribution in [-0.4, -0.2) is 25.1 Å². The van der Waals surface area contributed by atoms with Gasteiger partial charge in [-0.1, -0.05) is 59.9 Å². The van der Waals surface area contributed by atoms with Crippen molar-refractivity contribution in [3.05, 3.63) is 84.4 Å². The van der Waals surface area contributed by atoms with Crippen molar-refractivity contribution in [3.63, 3.8) is 0 Å². The zero-order valence-corrected chi connectivity index (χ0v) is 17.4. The summed E-state index contributed by atoms with van der Waals surface area (Å²) in [5.74, 6) is 1.11. The van der Waals surface area contributed by atoms with E-state index in [0.717, 1.165) is 21.8 Å². The number of amides is 1. The molecule has 0 aliphatic heterocycles. The average Bonchev–Trinajstić information content (AvgIpc) is 3.23. The molecule has 6 heteroatoms. The molecule has 1 amide bonds. The minimum Gasteiger partial charge on any atom is -0.493 e. The first kappa shape index (κ1) is 19.7. The minimum atomic E-state index is -0.171. The van der Waals surface area contributed by atoms with Crippen LogP contribution in [0.15, 0.2) is 78.9 Å². The summed E-state index contributed by atoms with van der Waals surface area (Å²) in [5.41, 5.74) is 3.14. The molecule has 0 aliphatic rings. The van der Waals surface area contributed by atoms with Crippen LogP contribution in [-0.2, 0) is 0 Å². The van der Waals surface area contributed by atoms with Crippen molar-refractivity contribution in [2.45, 2.75) is 0 Å². The summed E-state index contributed by atoms with van der Waals surface area (Å²) in [6, 6.07) is 24.6. The van der Waals surface area contributed by atoms with Crippen molar-refractivity contribution in [1.82, 2.24) is 4.98 Å². The number of rotatable bonds is 6. The molecule has 1 heterocycles. The number of anilines is 1. The molecule has 4 aromatic rings. The summed E-state index contributed by atoms with van der Waals surface area (Å²) in [5, 5.41) is 4.50. The van der Waals surface area contributed by atoms with Gasteiger partial charge in [0, 0.05) is 16.7 Å². The van der Waals surface area contributed by atoms with Crippen LogP contribution in [0.5, 0.6) is 11.5 Å². The molecule has 0 saturated heterocycles. The van der Waals surface area contributed by atoms with Crippen LogP contribution in [0.4, 0.5) is 5.00 Å². The first-order chi connectivity index (χ1) is 14.7. The Bertz CT molecular complexity index is 1160. The fraction of sp³-hybridized carbons (Fsp3) is 0.0833. The van der Waals surface area contributed by atoms with Gasteiger partial charge in [0.25, 0.3) is 5.91 Å². The second-order valence-corrected chi connectivity index (χ2v) is 7.45. The van der Waals surface area contributed by atoms with Crippen molar-refractivity contribution in [3.8, 4) is 33.3 Å². The van der Waals surface area contributed by atoms with Crippen LogP contribution in [0.1, 0.15) is 10.4 Å². The maximum atomic E-state index is 12.8. The molecule has 0 spiro atoms. The number of ether oxygens (including phenoxy) is 2. The molecule has 5 nitrogen and oxygen atoms in total. The SMILES string of the molecule is COc1ccc(-c2nc(-c3ccccc3)c(NC(=O)c3ccccc3)s2)cc1OC. The van der Waals surface area contributed by atoms with Crippen LogP contribution in [0.3, 0.4) is 0 Å². The second-order valence-electron chi connectivity index (χ2n) is 6.45. The van der Waals surface area contributed by atoms with Crippen molar-refractivity contribution in [2.75, 3.05) is 19.5 Å². The normalized spacial score (nSPS) is 10.5. The van der Waals surface area contributed by atoms with E-state index in [0.29, 0.717) is 22.1 Å². The maximum Gasteiger partial charge on any atom is 0.256 e. The highest BCUT2D eigenvalue weighted by molar-refractivity contribution is 7.19. The first-order valence-corrected chi connectivity index (χ1v) is 10.2. The van der Waals surface area contributed by atoms with Crippen molar-refractivity contribution >= 4 is 22.2 Å². The van der Waals surface area contributed by atoms with E-state index >= 15 is 0 Å². The largest absolute Gasteiger partial charge is 0.493 e. The fourth-order valence-corrected chi connectivity index (χ4v) is 4.03. The van der Waals surface area contributed by atoms with E-state index in [2.05, 4.69) is 5.32 Å². The molecule has 0 aliphatic carbocycles. The number of carbonyl (C=O) groups excluding carboxylic acids is 1. The number of carbonyl (C=O) groups is 1. The smallest absolute Gasteiger partial charge is 0.256 e. The molecule has 3 aromatic carbocycles. The standard InChI is InChI=1S/C24H20N2O3S/c1-28-19-14-13-18(15-20(19)29-2)23-25-21(16-9-5-3-6-10-16)24(30-23)26-22(27)17-11-7-4-8-12-17/h3-15H,1-2H3,(H,26,27). The van der Waals surface area contributed by atoms with Gasteiger partial charge in [0.1, 0.15) is 15.7 Å². The second kappa shape index (κ2) is 8.80.